The van der Waals surface area contributed by atoms with Gasteiger partial charge in [-0.2, -0.15) is 5.10 Å². The first-order valence-corrected chi connectivity index (χ1v) is 5.13. The van der Waals surface area contributed by atoms with Crippen molar-refractivity contribution in [3.8, 4) is 0 Å². The van der Waals surface area contributed by atoms with Crippen molar-refractivity contribution in [2.75, 3.05) is 6.54 Å². The van der Waals surface area contributed by atoms with Crippen molar-refractivity contribution in [3.05, 3.63) is 18.0 Å². The summed E-state index contributed by atoms with van der Waals surface area (Å²) < 4.78 is 2.12. The first kappa shape index (κ1) is 8.75. The molecule has 1 aliphatic rings. The lowest BCUT2D eigenvalue weighted by atomic mass is 10.2. The van der Waals surface area contributed by atoms with E-state index in [0.717, 1.165) is 13.0 Å². The van der Waals surface area contributed by atoms with Gasteiger partial charge in [0, 0.05) is 6.20 Å². The van der Waals surface area contributed by atoms with Crippen LogP contribution in [0.1, 0.15) is 37.3 Å². The van der Waals surface area contributed by atoms with E-state index in [0.29, 0.717) is 6.04 Å². The third-order valence-corrected chi connectivity index (χ3v) is 2.79. The van der Waals surface area contributed by atoms with E-state index in [4.69, 9.17) is 5.73 Å². The van der Waals surface area contributed by atoms with Crippen LogP contribution in [-0.4, -0.2) is 16.3 Å². The fraction of sp³-hybridized carbons (Fsp3) is 0.700. The molecule has 0 aromatic carbocycles. The number of hydrogen-bond acceptors (Lipinski definition) is 2. The van der Waals surface area contributed by atoms with E-state index in [1.165, 1.54) is 31.2 Å². The summed E-state index contributed by atoms with van der Waals surface area (Å²) in [5.74, 6) is 0. The Balaban J connectivity index is 2.03. The molecule has 3 nitrogen and oxygen atoms in total. The molecule has 1 heterocycles. The normalized spacial score (nSPS) is 18.2. The minimum atomic E-state index is 0.659. The zero-order valence-electron chi connectivity index (χ0n) is 7.95. The number of aromatic nitrogens is 2. The molecule has 3 heteroatoms. The molecule has 1 aliphatic carbocycles. The molecular formula is C10H17N3. The number of nitrogens with zero attached hydrogens (tertiary/aromatic N) is 2. The van der Waals surface area contributed by atoms with Gasteiger partial charge in [0.15, 0.2) is 0 Å². The molecule has 1 fully saturated rings. The van der Waals surface area contributed by atoms with Gasteiger partial charge in [-0.05, 0) is 31.4 Å². The topological polar surface area (TPSA) is 43.8 Å². The highest BCUT2D eigenvalue weighted by atomic mass is 15.3. The molecule has 1 aromatic heterocycles. The zero-order valence-corrected chi connectivity index (χ0v) is 7.95. The van der Waals surface area contributed by atoms with Gasteiger partial charge in [-0.15, -0.1) is 0 Å². The smallest absolute Gasteiger partial charge is 0.0522 e. The third kappa shape index (κ3) is 1.91. The molecule has 0 radical (unpaired) electrons. The number of hydrogen-bond donors (Lipinski definition) is 1. The second-order valence-electron chi connectivity index (χ2n) is 3.81. The predicted octanol–water partition coefficient (Wildman–Crippen LogP) is 1.50. The van der Waals surface area contributed by atoms with Crippen LogP contribution >= 0.6 is 0 Å². The van der Waals surface area contributed by atoms with Crippen molar-refractivity contribution in [3.63, 3.8) is 0 Å². The lowest BCUT2D eigenvalue weighted by Gasteiger charge is -2.08. The summed E-state index contributed by atoms with van der Waals surface area (Å²) in [5, 5.41) is 4.38. The molecule has 2 rings (SSSR count). The van der Waals surface area contributed by atoms with E-state index in [9.17, 15) is 0 Å². The lowest BCUT2D eigenvalue weighted by Crippen LogP contribution is -2.05. The maximum absolute atomic E-state index is 5.49. The Morgan fingerprint density at radius 1 is 1.46 bits per heavy atom. The van der Waals surface area contributed by atoms with Crippen molar-refractivity contribution in [1.82, 2.24) is 9.78 Å². The van der Waals surface area contributed by atoms with Crippen LogP contribution in [-0.2, 0) is 6.42 Å². The average Bonchev–Trinajstić information content (AvgIpc) is 2.70. The van der Waals surface area contributed by atoms with Crippen LogP contribution in [0.25, 0.3) is 0 Å². The minimum Gasteiger partial charge on any atom is -0.330 e. The highest BCUT2D eigenvalue weighted by molar-refractivity contribution is 5.05. The standard InChI is InChI=1S/C10H17N3/c11-6-5-9-7-12-13(8-9)10-3-1-2-4-10/h7-8,10H,1-6,11H2. The molecule has 0 aliphatic heterocycles. The molecule has 72 valence electrons. The summed E-state index contributed by atoms with van der Waals surface area (Å²) >= 11 is 0. The highest BCUT2D eigenvalue weighted by Gasteiger charge is 2.17. The average molecular weight is 179 g/mol. The number of rotatable bonds is 3. The van der Waals surface area contributed by atoms with Gasteiger partial charge >= 0.3 is 0 Å². The summed E-state index contributed by atoms with van der Waals surface area (Å²) in [6, 6.07) is 0.659. The number of nitrogens with two attached hydrogens (primary N) is 1. The largest absolute Gasteiger partial charge is 0.330 e. The summed E-state index contributed by atoms with van der Waals surface area (Å²) in [4.78, 5) is 0. The van der Waals surface area contributed by atoms with Crippen LogP contribution in [0.3, 0.4) is 0 Å². The van der Waals surface area contributed by atoms with E-state index < -0.39 is 0 Å². The molecule has 0 unspecified atom stereocenters. The summed E-state index contributed by atoms with van der Waals surface area (Å²) in [6.07, 6.45) is 10.4. The molecule has 0 amide bonds. The van der Waals surface area contributed by atoms with Gasteiger partial charge in [-0.3, -0.25) is 4.68 Å². The van der Waals surface area contributed by atoms with E-state index in [1.807, 2.05) is 6.20 Å². The Kier molecular flexibility index (Phi) is 2.64. The Labute approximate surface area is 78.9 Å². The second-order valence-corrected chi connectivity index (χ2v) is 3.81. The molecular weight excluding hydrogens is 162 g/mol. The van der Waals surface area contributed by atoms with Crippen LogP contribution in [0.5, 0.6) is 0 Å². The lowest BCUT2D eigenvalue weighted by molar-refractivity contribution is 0.466. The fourth-order valence-corrected chi connectivity index (χ4v) is 2.04. The van der Waals surface area contributed by atoms with Gasteiger partial charge in [-0.1, -0.05) is 12.8 Å². The predicted molar refractivity (Wildman–Crippen MR) is 52.5 cm³/mol. The summed E-state index contributed by atoms with van der Waals surface area (Å²) in [6.45, 7) is 0.719. The molecule has 0 spiro atoms. The van der Waals surface area contributed by atoms with Crippen molar-refractivity contribution < 1.29 is 0 Å². The van der Waals surface area contributed by atoms with Crippen LogP contribution < -0.4 is 5.73 Å². The maximum Gasteiger partial charge on any atom is 0.0522 e. The van der Waals surface area contributed by atoms with Crippen molar-refractivity contribution in [2.24, 2.45) is 5.73 Å². The van der Waals surface area contributed by atoms with Gasteiger partial charge in [0.2, 0.25) is 0 Å². The summed E-state index contributed by atoms with van der Waals surface area (Å²) in [5.41, 5.74) is 6.76. The van der Waals surface area contributed by atoms with Crippen molar-refractivity contribution in [1.29, 1.82) is 0 Å². The maximum atomic E-state index is 5.49. The molecule has 0 saturated heterocycles. The first-order chi connectivity index (χ1) is 6.40. The van der Waals surface area contributed by atoms with E-state index in [-0.39, 0.29) is 0 Å². The molecule has 0 atom stereocenters. The van der Waals surface area contributed by atoms with E-state index in [2.05, 4.69) is 16.0 Å². The third-order valence-electron chi connectivity index (χ3n) is 2.79. The van der Waals surface area contributed by atoms with Crippen LogP contribution in [0, 0.1) is 0 Å². The highest BCUT2D eigenvalue weighted by Crippen LogP contribution is 2.28. The Hall–Kier alpha value is -0.830. The molecule has 13 heavy (non-hydrogen) atoms. The Morgan fingerprint density at radius 2 is 2.23 bits per heavy atom. The molecule has 2 N–H and O–H groups in total. The fourth-order valence-electron chi connectivity index (χ4n) is 2.04. The SMILES string of the molecule is NCCc1cnn(C2CCCC2)c1. The van der Waals surface area contributed by atoms with Crippen LogP contribution in [0.4, 0.5) is 0 Å². The minimum absolute atomic E-state index is 0.659. The first-order valence-electron chi connectivity index (χ1n) is 5.13. The van der Waals surface area contributed by atoms with Crippen LogP contribution in [0.2, 0.25) is 0 Å². The Bertz CT molecular complexity index is 261. The van der Waals surface area contributed by atoms with Crippen LogP contribution in [0.15, 0.2) is 12.4 Å². The van der Waals surface area contributed by atoms with Gasteiger partial charge in [0.25, 0.3) is 0 Å². The monoisotopic (exact) mass is 179 g/mol. The van der Waals surface area contributed by atoms with Gasteiger partial charge in [0.05, 0.1) is 12.2 Å². The van der Waals surface area contributed by atoms with Crippen molar-refractivity contribution >= 4 is 0 Å². The van der Waals surface area contributed by atoms with Crippen molar-refractivity contribution in [2.45, 2.75) is 38.1 Å². The van der Waals surface area contributed by atoms with Gasteiger partial charge < -0.3 is 5.73 Å². The second kappa shape index (κ2) is 3.92. The van der Waals surface area contributed by atoms with Gasteiger partial charge in [0.1, 0.15) is 0 Å². The van der Waals surface area contributed by atoms with Gasteiger partial charge in [-0.25, -0.2) is 0 Å². The summed E-state index contributed by atoms with van der Waals surface area (Å²) in [7, 11) is 0. The van der Waals surface area contributed by atoms with E-state index in [1.54, 1.807) is 0 Å². The van der Waals surface area contributed by atoms with E-state index >= 15 is 0 Å². The Morgan fingerprint density at radius 3 is 2.92 bits per heavy atom. The molecule has 1 saturated carbocycles. The molecule has 1 aromatic rings. The zero-order chi connectivity index (χ0) is 9.10. The quantitative estimate of drug-likeness (QED) is 0.764. The molecule has 0 bridgehead atoms.